The Balaban J connectivity index is 1.30. The summed E-state index contributed by atoms with van der Waals surface area (Å²) in [5.74, 6) is 2.20. The predicted octanol–water partition coefficient (Wildman–Crippen LogP) is 5.11. The topological polar surface area (TPSA) is 102 Å². The van der Waals surface area contributed by atoms with E-state index in [0.29, 0.717) is 34.7 Å². The number of pyridine rings is 2. The van der Waals surface area contributed by atoms with E-state index < -0.39 is 0 Å². The Bertz CT molecular complexity index is 1300. The molecule has 1 aliphatic rings. The van der Waals surface area contributed by atoms with Crippen LogP contribution in [0.5, 0.6) is 11.6 Å². The molecule has 3 heterocycles. The SMILES string of the molecule is CCc1nccc(-c2cccnc2Oc2ccc(NC(=O)c3cccnc3NC3CC3)cc2)n1. The quantitative estimate of drug-likeness (QED) is 0.383. The zero-order valence-electron chi connectivity index (χ0n) is 18.7. The van der Waals surface area contributed by atoms with Crippen LogP contribution >= 0.6 is 0 Å². The molecule has 1 aromatic carbocycles. The van der Waals surface area contributed by atoms with Gasteiger partial charge in [-0.05, 0) is 67.4 Å². The average molecular weight is 453 g/mol. The van der Waals surface area contributed by atoms with Gasteiger partial charge in [0.15, 0.2) is 0 Å². The average Bonchev–Trinajstić information content (AvgIpc) is 3.70. The first-order valence-electron chi connectivity index (χ1n) is 11.3. The minimum atomic E-state index is -0.215. The molecule has 1 fully saturated rings. The first-order valence-corrected chi connectivity index (χ1v) is 11.3. The summed E-state index contributed by atoms with van der Waals surface area (Å²) in [6.45, 7) is 2.01. The Hall–Kier alpha value is -4.33. The Labute approximate surface area is 197 Å². The maximum atomic E-state index is 12.8. The van der Waals surface area contributed by atoms with Crippen molar-refractivity contribution in [2.45, 2.75) is 32.2 Å². The van der Waals surface area contributed by atoms with Gasteiger partial charge < -0.3 is 15.4 Å². The van der Waals surface area contributed by atoms with E-state index in [9.17, 15) is 4.79 Å². The van der Waals surface area contributed by atoms with Crippen LogP contribution < -0.4 is 15.4 Å². The molecule has 1 saturated carbocycles. The summed E-state index contributed by atoms with van der Waals surface area (Å²) in [6.07, 6.45) is 8.06. The summed E-state index contributed by atoms with van der Waals surface area (Å²) >= 11 is 0. The standard InChI is InChI=1S/C26H24N6O2/c1-2-23-27-16-13-22(32-23)20-5-3-15-29-26(20)34-19-11-9-18(10-12-19)31-25(33)21-6-4-14-28-24(21)30-17-7-8-17/h3-6,9-17H,2,7-8H2,1H3,(H,28,30)(H,31,33). The Morgan fingerprint density at radius 1 is 0.971 bits per heavy atom. The van der Waals surface area contributed by atoms with Gasteiger partial charge in [-0.25, -0.2) is 19.9 Å². The third-order valence-corrected chi connectivity index (χ3v) is 5.37. The third-order valence-electron chi connectivity index (χ3n) is 5.37. The normalized spacial score (nSPS) is 12.7. The molecule has 2 N–H and O–H groups in total. The number of hydrogen-bond donors (Lipinski definition) is 2. The van der Waals surface area contributed by atoms with Crippen LogP contribution in [-0.2, 0) is 6.42 Å². The van der Waals surface area contributed by atoms with E-state index in [1.165, 1.54) is 0 Å². The molecule has 1 amide bonds. The first kappa shape index (κ1) is 21.5. The molecule has 0 atom stereocenters. The lowest BCUT2D eigenvalue weighted by Gasteiger charge is -2.12. The first-order chi connectivity index (χ1) is 16.7. The maximum absolute atomic E-state index is 12.8. The lowest BCUT2D eigenvalue weighted by molar-refractivity contribution is 0.102. The second-order valence-corrected chi connectivity index (χ2v) is 7.97. The molecule has 0 saturated heterocycles. The highest BCUT2D eigenvalue weighted by molar-refractivity contribution is 6.07. The molecule has 1 aliphatic carbocycles. The fourth-order valence-corrected chi connectivity index (χ4v) is 3.43. The Morgan fingerprint density at radius 3 is 2.56 bits per heavy atom. The predicted molar refractivity (Wildman–Crippen MR) is 130 cm³/mol. The van der Waals surface area contributed by atoms with Crippen LogP contribution in [0.2, 0.25) is 0 Å². The van der Waals surface area contributed by atoms with Crippen molar-refractivity contribution in [2.75, 3.05) is 10.6 Å². The Kier molecular flexibility index (Phi) is 6.11. The van der Waals surface area contributed by atoms with E-state index in [1.54, 1.807) is 55.0 Å². The van der Waals surface area contributed by atoms with Crippen molar-refractivity contribution in [3.63, 3.8) is 0 Å². The molecule has 0 bridgehead atoms. The van der Waals surface area contributed by atoms with Gasteiger partial charge in [0.25, 0.3) is 5.91 Å². The number of carbonyl (C=O) groups is 1. The summed E-state index contributed by atoms with van der Waals surface area (Å²) in [5, 5.41) is 6.23. The van der Waals surface area contributed by atoms with Crippen LogP contribution in [0, 0.1) is 0 Å². The van der Waals surface area contributed by atoms with Gasteiger partial charge in [0, 0.05) is 36.7 Å². The van der Waals surface area contributed by atoms with E-state index in [1.807, 2.05) is 25.1 Å². The number of nitrogens with zero attached hydrogens (tertiary/aromatic N) is 4. The van der Waals surface area contributed by atoms with Gasteiger partial charge in [-0.2, -0.15) is 0 Å². The van der Waals surface area contributed by atoms with Crippen molar-refractivity contribution in [2.24, 2.45) is 0 Å². The van der Waals surface area contributed by atoms with Crippen molar-refractivity contribution >= 4 is 17.4 Å². The second kappa shape index (κ2) is 9.66. The lowest BCUT2D eigenvalue weighted by atomic mass is 10.2. The largest absolute Gasteiger partial charge is 0.438 e. The van der Waals surface area contributed by atoms with Crippen molar-refractivity contribution in [1.82, 2.24) is 19.9 Å². The smallest absolute Gasteiger partial charge is 0.259 e. The third kappa shape index (κ3) is 5.01. The second-order valence-electron chi connectivity index (χ2n) is 7.97. The van der Waals surface area contributed by atoms with E-state index in [4.69, 9.17) is 4.74 Å². The minimum Gasteiger partial charge on any atom is -0.438 e. The van der Waals surface area contributed by atoms with Gasteiger partial charge >= 0.3 is 0 Å². The molecule has 4 aromatic rings. The molecule has 0 unspecified atom stereocenters. The number of nitrogens with one attached hydrogen (secondary N) is 2. The molecule has 8 nitrogen and oxygen atoms in total. The van der Waals surface area contributed by atoms with Crippen molar-refractivity contribution in [3.05, 3.63) is 84.6 Å². The van der Waals surface area contributed by atoms with E-state index >= 15 is 0 Å². The van der Waals surface area contributed by atoms with Crippen LogP contribution in [0.15, 0.2) is 73.2 Å². The number of anilines is 2. The van der Waals surface area contributed by atoms with E-state index in [2.05, 4.69) is 30.6 Å². The molecule has 170 valence electrons. The molecule has 0 spiro atoms. The van der Waals surface area contributed by atoms with Crippen LogP contribution in [0.3, 0.4) is 0 Å². The van der Waals surface area contributed by atoms with Gasteiger partial charge in [0.1, 0.15) is 17.4 Å². The van der Waals surface area contributed by atoms with Crippen LogP contribution in [-0.4, -0.2) is 31.9 Å². The number of ether oxygens (including phenoxy) is 1. The summed E-state index contributed by atoms with van der Waals surface area (Å²) in [7, 11) is 0. The van der Waals surface area contributed by atoms with Crippen LogP contribution in [0.25, 0.3) is 11.3 Å². The van der Waals surface area contributed by atoms with Crippen molar-refractivity contribution in [3.8, 4) is 22.9 Å². The molecular weight excluding hydrogens is 428 g/mol. The van der Waals surface area contributed by atoms with Crippen LogP contribution in [0.4, 0.5) is 11.5 Å². The summed E-state index contributed by atoms with van der Waals surface area (Å²) in [4.78, 5) is 30.4. The molecule has 34 heavy (non-hydrogen) atoms. The monoisotopic (exact) mass is 452 g/mol. The van der Waals surface area contributed by atoms with E-state index in [0.717, 1.165) is 36.3 Å². The summed E-state index contributed by atoms with van der Waals surface area (Å²) in [6, 6.07) is 16.7. The fraction of sp³-hybridized carbons (Fsp3) is 0.192. The highest BCUT2D eigenvalue weighted by Crippen LogP contribution is 2.31. The number of amides is 1. The zero-order chi connectivity index (χ0) is 23.3. The Morgan fingerprint density at radius 2 is 1.76 bits per heavy atom. The van der Waals surface area contributed by atoms with Crippen molar-refractivity contribution in [1.29, 1.82) is 0 Å². The van der Waals surface area contributed by atoms with Gasteiger partial charge in [0.05, 0.1) is 16.8 Å². The molecule has 3 aromatic heterocycles. The molecule has 5 rings (SSSR count). The fourth-order valence-electron chi connectivity index (χ4n) is 3.43. The van der Waals surface area contributed by atoms with Gasteiger partial charge in [-0.1, -0.05) is 6.92 Å². The maximum Gasteiger partial charge on any atom is 0.259 e. The number of carbonyl (C=O) groups excluding carboxylic acids is 1. The number of benzene rings is 1. The zero-order valence-corrected chi connectivity index (χ0v) is 18.7. The van der Waals surface area contributed by atoms with Gasteiger partial charge in [-0.3, -0.25) is 4.79 Å². The van der Waals surface area contributed by atoms with Crippen LogP contribution in [0.1, 0.15) is 35.9 Å². The molecule has 8 heteroatoms. The number of rotatable bonds is 8. The number of aryl methyl sites for hydroxylation is 1. The number of hydrogen-bond acceptors (Lipinski definition) is 7. The summed E-state index contributed by atoms with van der Waals surface area (Å²) < 4.78 is 6.05. The molecule has 0 aliphatic heterocycles. The summed E-state index contributed by atoms with van der Waals surface area (Å²) in [5.41, 5.74) is 2.71. The molecule has 0 radical (unpaired) electrons. The highest BCUT2D eigenvalue weighted by atomic mass is 16.5. The van der Waals surface area contributed by atoms with E-state index in [-0.39, 0.29) is 5.91 Å². The van der Waals surface area contributed by atoms with Gasteiger partial charge in [0.2, 0.25) is 5.88 Å². The van der Waals surface area contributed by atoms with Gasteiger partial charge in [-0.15, -0.1) is 0 Å². The lowest BCUT2D eigenvalue weighted by Crippen LogP contribution is -2.16. The highest BCUT2D eigenvalue weighted by Gasteiger charge is 2.24. The minimum absolute atomic E-state index is 0.215. The van der Waals surface area contributed by atoms with Crippen molar-refractivity contribution < 1.29 is 9.53 Å². The number of aromatic nitrogens is 4. The molecular formula is C26H24N6O2.